The highest BCUT2D eigenvalue weighted by Crippen LogP contribution is 2.43. The zero-order valence-corrected chi connectivity index (χ0v) is 63.3. The Balaban J connectivity index is 3.83. The highest BCUT2D eigenvalue weighted by atomic mass is 31.2. The predicted molar refractivity (Wildman–Crippen MR) is 395 cm³/mol. The number of esters is 2. The van der Waals surface area contributed by atoms with Crippen molar-refractivity contribution in [2.45, 2.75) is 463 Å². The molecular formula is C81H163NO8P+. The van der Waals surface area contributed by atoms with Gasteiger partial charge in [0, 0.05) is 12.8 Å². The molecule has 0 saturated carbocycles. The normalized spacial score (nSPS) is 12.9. The fourth-order valence-corrected chi connectivity index (χ4v) is 13.8. The molecule has 0 aromatic heterocycles. The van der Waals surface area contributed by atoms with Crippen LogP contribution >= 0.6 is 7.82 Å². The first-order valence-electron chi connectivity index (χ1n) is 41.3. The molecule has 0 aromatic rings. The monoisotopic (exact) mass is 1310 g/mol. The average Bonchev–Trinajstić information content (AvgIpc) is 3.69. The maximum Gasteiger partial charge on any atom is 0.472 e. The zero-order valence-electron chi connectivity index (χ0n) is 62.4. The number of unbranched alkanes of at least 4 members (excludes halogenated alkanes) is 65. The first kappa shape index (κ1) is 90.0. The van der Waals surface area contributed by atoms with Crippen molar-refractivity contribution >= 4 is 19.8 Å². The lowest BCUT2D eigenvalue weighted by Crippen LogP contribution is -2.37. The van der Waals surface area contributed by atoms with Crippen LogP contribution in [0.1, 0.15) is 457 Å². The van der Waals surface area contributed by atoms with Crippen molar-refractivity contribution in [2.75, 3.05) is 47.5 Å². The summed E-state index contributed by atoms with van der Waals surface area (Å²) in [5, 5.41) is 0. The van der Waals surface area contributed by atoms with E-state index in [0.29, 0.717) is 17.4 Å². The molecule has 0 amide bonds. The Hall–Kier alpha value is -0.990. The Kier molecular flexibility index (Phi) is 72.5. The van der Waals surface area contributed by atoms with Crippen LogP contribution < -0.4 is 0 Å². The number of rotatable bonds is 79. The summed E-state index contributed by atoms with van der Waals surface area (Å²) in [4.78, 5) is 36.0. The number of quaternary nitrogens is 1. The van der Waals surface area contributed by atoms with Crippen LogP contribution in [0.3, 0.4) is 0 Å². The minimum atomic E-state index is -4.39. The number of carbonyl (C=O) groups excluding carboxylic acids is 2. The molecule has 10 heteroatoms. The summed E-state index contributed by atoms with van der Waals surface area (Å²) in [6, 6.07) is 0. The number of likely N-dealkylation sites (N-methyl/N-ethyl adjacent to an activating group) is 1. The first-order chi connectivity index (χ1) is 44.5. The molecule has 1 N–H and O–H groups in total. The predicted octanol–water partition coefficient (Wildman–Crippen LogP) is 27.2. The molecule has 0 spiro atoms. The molecule has 0 rings (SSSR count). The summed E-state index contributed by atoms with van der Waals surface area (Å²) in [5.41, 5.74) is 0. The number of phosphoric ester groups is 1. The summed E-state index contributed by atoms with van der Waals surface area (Å²) in [7, 11) is 1.51. The van der Waals surface area contributed by atoms with Gasteiger partial charge in [-0.3, -0.25) is 18.6 Å². The van der Waals surface area contributed by atoms with E-state index in [1.54, 1.807) is 0 Å². The third kappa shape index (κ3) is 77.9. The van der Waals surface area contributed by atoms with Crippen molar-refractivity contribution in [2.24, 2.45) is 0 Å². The van der Waals surface area contributed by atoms with Gasteiger partial charge < -0.3 is 18.9 Å². The van der Waals surface area contributed by atoms with E-state index in [4.69, 9.17) is 18.5 Å². The quantitative estimate of drug-likeness (QED) is 0.0278. The standard InChI is InChI=1S/C81H162NO8P/c1-6-8-10-12-14-16-18-20-22-24-26-28-30-32-34-35-36-37-38-39-40-41-42-43-44-45-46-47-48-50-52-54-56-58-60-62-64-66-68-70-72-74-81(84)90-79(78-89-91(85,86)88-76-75-82(3,4)5)77-87-80(83)73-71-69-67-65-63-61-59-57-55-53-51-49-33-31-29-27-25-23-21-19-17-15-13-11-9-7-2/h79H,6-78H2,1-5H3/p+1. The van der Waals surface area contributed by atoms with Gasteiger partial charge in [-0.05, 0) is 12.8 Å². The van der Waals surface area contributed by atoms with E-state index in [1.807, 2.05) is 21.1 Å². The highest BCUT2D eigenvalue weighted by molar-refractivity contribution is 7.47. The van der Waals surface area contributed by atoms with Crippen LogP contribution in [0.25, 0.3) is 0 Å². The molecule has 0 aliphatic rings. The minimum Gasteiger partial charge on any atom is -0.462 e. The summed E-state index contributed by atoms with van der Waals surface area (Å²) >= 11 is 0. The Morgan fingerprint density at radius 1 is 0.297 bits per heavy atom. The molecule has 0 aliphatic carbocycles. The third-order valence-corrected chi connectivity index (χ3v) is 20.4. The van der Waals surface area contributed by atoms with Crippen LogP contribution in [0.5, 0.6) is 0 Å². The van der Waals surface area contributed by atoms with Crippen LogP contribution in [-0.2, 0) is 32.7 Å². The van der Waals surface area contributed by atoms with Crippen molar-refractivity contribution in [3.63, 3.8) is 0 Å². The van der Waals surface area contributed by atoms with E-state index in [1.165, 1.54) is 392 Å². The fraction of sp³-hybridized carbons (Fsp3) is 0.975. The molecular weight excluding hydrogens is 1150 g/mol. The van der Waals surface area contributed by atoms with Gasteiger partial charge in [0.25, 0.3) is 0 Å². The van der Waals surface area contributed by atoms with E-state index < -0.39 is 26.5 Å². The lowest BCUT2D eigenvalue weighted by Gasteiger charge is -2.24. The van der Waals surface area contributed by atoms with Gasteiger partial charge in [-0.2, -0.15) is 0 Å². The molecule has 0 aromatic carbocycles. The number of ether oxygens (including phenoxy) is 2. The summed E-state index contributed by atoms with van der Waals surface area (Å²) < 4.78 is 34.8. The number of hydrogen-bond donors (Lipinski definition) is 1. The van der Waals surface area contributed by atoms with E-state index in [2.05, 4.69) is 13.8 Å². The molecule has 0 heterocycles. The van der Waals surface area contributed by atoms with E-state index in [-0.39, 0.29) is 25.6 Å². The second-order valence-corrected chi connectivity index (χ2v) is 31.3. The zero-order chi connectivity index (χ0) is 66.2. The van der Waals surface area contributed by atoms with Gasteiger partial charge in [0.2, 0.25) is 0 Å². The molecule has 0 saturated heterocycles. The van der Waals surface area contributed by atoms with Gasteiger partial charge >= 0.3 is 19.8 Å². The molecule has 544 valence electrons. The van der Waals surface area contributed by atoms with E-state index >= 15 is 0 Å². The highest BCUT2D eigenvalue weighted by Gasteiger charge is 2.27. The molecule has 2 atom stereocenters. The Morgan fingerprint density at radius 2 is 0.495 bits per heavy atom. The van der Waals surface area contributed by atoms with Crippen molar-refractivity contribution in [1.29, 1.82) is 0 Å². The third-order valence-electron chi connectivity index (χ3n) is 19.4. The number of carbonyl (C=O) groups is 2. The topological polar surface area (TPSA) is 108 Å². The van der Waals surface area contributed by atoms with Gasteiger partial charge in [-0.25, -0.2) is 4.57 Å². The second-order valence-electron chi connectivity index (χ2n) is 29.9. The summed E-state index contributed by atoms with van der Waals surface area (Å²) in [6.07, 6.45) is 91.4. The van der Waals surface area contributed by atoms with Crippen LogP contribution in [0.2, 0.25) is 0 Å². The summed E-state index contributed by atoms with van der Waals surface area (Å²) in [6.45, 7) is 4.54. The molecule has 0 fully saturated rings. The Morgan fingerprint density at radius 3 is 0.703 bits per heavy atom. The number of nitrogens with zero attached hydrogens (tertiary/aromatic N) is 1. The van der Waals surface area contributed by atoms with Gasteiger partial charge in [-0.15, -0.1) is 0 Å². The molecule has 0 radical (unpaired) electrons. The fourth-order valence-electron chi connectivity index (χ4n) is 13.1. The Labute approximate surface area is 569 Å². The van der Waals surface area contributed by atoms with E-state index in [0.717, 1.165) is 38.5 Å². The van der Waals surface area contributed by atoms with Gasteiger partial charge in [-0.1, -0.05) is 431 Å². The van der Waals surface area contributed by atoms with Crippen LogP contribution in [0.4, 0.5) is 0 Å². The molecule has 2 unspecified atom stereocenters. The first-order valence-corrected chi connectivity index (χ1v) is 42.8. The van der Waals surface area contributed by atoms with Crippen molar-refractivity contribution in [3.8, 4) is 0 Å². The molecule has 9 nitrogen and oxygen atoms in total. The molecule has 0 aliphatic heterocycles. The van der Waals surface area contributed by atoms with Gasteiger partial charge in [0.15, 0.2) is 6.10 Å². The van der Waals surface area contributed by atoms with Crippen LogP contribution in [0, 0.1) is 0 Å². The maximum absolute atomic E-state index is 12.9. The summed E-state index contributed by atoms with van der Waals surface area (Å²) in [5.74, 6) is -0.764. The SMILES string of the molecule is CCCCCCCCCCCCCCCCCCCCCCCCCCCCCCCCCCCCCCCCCCCC(=O)OC(COC(=O)CCCCCCCCCCCCCCCCCCCCCCCCCCCC)COP(=O)(O)OCC[N+](C)(C)C. The average molecular weight is 1310 g/mol. The van der Waals surface area contributed by atoms with Crippen LogP contribution in [0.15, 0.2) is 0 Å². The smallest absolute Gasteiger partial charge is 0.462 e. The van der Waals surface area contributed by atoms with E-state index in [9.17, 15) is 19.0 Å². The number of hydrogen-bond acceptors (Lipinski definition) is 7. The lowest BCUT2D eigenvalue weighted by atomic mass is 10.0. The molecule has 91 heavy (non-hydrogen) atoms. The minimum absolute atomic E-state index is 0.0379. The maximum atomic E-state index is 12.9. The van der Waals surface area contributed by atoms with Gasteiger partial charge in [0.05, 0.1) is 27.7 Å². The lowest BCUT2D eigenvalue weighted by molar-refractivity contribution is -0.870. The van der Waals surface area contributed by atoms with Gasteiger partial charge in [0.1, 0.15) is 19.8 Å². The van der Waals surface area contributed by atoms with Crippen LogP contribution in [-0.4, -0.2) is 74.9 Å². The largest absolute Gasteiger partial charge is 0.472 e. The number of phosphoric acid groups is 1. The second kappa shape index (κ2) is 73.3. The Bertz CT molecular complexity index is 1490. The molecule has 0 bridgehead atoms. The van der Waals surface area contributed by atoms with Crippen molar-refractivity contribution in [1.82, 2.24) is 0 Å². The van der Waals surface area contributed by atoms with Crippen molar-refractivity contribution in [3.05, 3.63) is 0 Å². The van der Waals surface area contributed by atoms with Crippen molar-refractivity contribution < 1.29 is 42.1 Å².